The average molecular weight is 373 g/mol. The number of nitrogens with one attached hydrogen (secondary N) is 1. The van der Waals surface area contributed by atoms with E-state index in [4.69, 9.17) is 4.74 Å². The zero-order valence-electron chi connectivity index (χ0n) is 15.2. The molecule has 2 atom stereocenters. The van der Waals surface area contributed by atoms with Crippen molar-refractivity contribution in [2.24, 2.45) is 0 Å². The fourth-order valence-corrected chi connectivity index (χ4v) is 3.86. The Kier molecular flexibility index (Phi) is 5.68. The number of carbonyl (C=O) groups excluding carboxylic acids is 2. The third-order valence-electron chi connectivity index (χ3n) is 4.75. The second kappa shape index (κ2) is 7.97. The van der Waals surface area contributed by atoms with E-state index in [2.05, 4.69) is 47.2 Å². The van der Waals surface area contributed by atoms with Gasteiger partial charge in [-0.3, -0.25) is 19.5 Å². The van der Waals surface area contributed by atoms with Crippen LogP contribution in [-0.4, -0.2) is 47.5 Å². The van der Waals surface area contributed by atoms with Crippen LogP contribution in [-0.2, 0) is 16.1 Å². The van der Waals surface area contributed by atoms with Crippen LogP contribution in [0.3, 0.4) is 0 Å². The molecule has 0 aliphatic carbocycles. The molecular weight excluding hydrogens is 350 g/mol. The Hall–Kier alpha value is -2.25. The van der Waals surface area contributed by atoms with E-state index in [0.29, 0.717) is 24.4 Å². The number of hydrogen-bond donors (Lipinski definition) is 1. The molecule has 1 saturated heterocycles. The maximum absolute atomic E-state index is 12.3. The number of esters is 1. The number of likely N-dealkylation sites (tertiary alicyclic amines) is 1. The topological polar surface area (TPSA) is 71.5 Å². The average Bonchev–Trinajstić information content (AvgIpc) is 3.27. The van der Waals surface area contributed by atoms with Gasteiger partial charge in [0.1, 0.15) is 10.9 Å². The number of methoxy groups -OCH3 is 1. The SMILES string of the molecule is COC(=O)[C@@H]1C[C@@H](NC(=O)c2cncs2)CN1Cc1cc(C)ccc1C. The van der Waals surface area contributed by atoms with Crippen molar-refractivity contribution >= 4 is 23.2 Å². The molecule has 1 aromatic heterocycles. The van der Waals surface area contributed by atoms with Crippen molar-refractivity contribution in [2.45, 2.75) is 38.9 Å². The van der Waals surface area contributed by atoms with Crippen molar-refractivity contribution in [1.29, 1.82) is 0 Å². The van der Waals surface area contributed by atoms with Gasteiger partial charge in [-0.2, -0.15) is 0 Å². The molecule has 0 unspecified atom stereocenters. The van der Waals surface area contributed by atoms with Gasteiger partial charge in [-0.1, -0.05) is 23.8 Å². The number of nitrogens with zero attached hydrogens (tertiary/aromatic N) is 2. The van der Waals surface area contributed by atoms with Crippen LogP contribution in [0.1, 0.15) is 32.8 Å². The third kappa shape index (κ3) is 4.11. The van der Waals surface area contributed by atoms with Crippen LogP contribution in [0.25, 0.3) is 0 Å². The summed E-state index contributed by atoms with van der Waals surface area (Å²) in [7, 11) is 1.40. The first-order valence-corrected chi connectivity index (χ1v) is 9.43. The molecule has 26 heavy (non-hydrogen) atoms. The minimum absolute atomic E-state index is 0.0983. The number of carbonyl (C=O) groups is 2. The number of thiazole rings is 1. The van der Waals surface area contributed by atoms with Gasteiger partial charge in [0.2, 0.25) is 0 Å². The summed E-state index contributed by atoms with van der Waals surface area (Å²) >= 11 is 1.30. The van der Waals surface area contributed by atoms with Crippen LogP contribution in [0.4, 0.5) is 0 Å². The van der Waals surface area contributed by atoms with Gasteiger partial charge in [-0.15, -0.1) is 11.3 Å². The van der Waals surface area contributed by atoms with E-state index in [1.165, 1.54) is 35.1 Å². The molecule has 0 radical (unpaired) electrons. The Labute approximate surface area is 157 Å². The molecule has 138 valence electrons. The molecule has 1 N–H and O–H groups in total. The molecule has 7 heteroatoms. The fourth-order valence-electron chi connectivity index (χ4n) is 3.34. The number of rotatable bonds is 5. The predicted octanol–water partition coefficient (Wildman–Crippen LogP) is 2.31. The normalized spacial score (nSPS) is 20.1. The lowest BCUT2D eigenvalue weighted by atomic mass is 10.0. The fraction of sp³-hybridized carbons (Fsp3) is 0.421. The molecule has 0 saturated carbocycles. The van der Waals surface area contributed by atoms with E-state index in [9.17, 15) is 9.59 Å². The quantitative estimate of drug-likeness (QED) is 0.815. The van der Waals surface area contributed by atoms with Crippen LogP contribution in [0.5, 0.6) is 0 Å². The summed E-state index contributed by atoms with van der Waals surface area (Å²) < 4.78 is 4.98. The lowest BCUT2D eigenvalue weighted by Gasteiger charge is -2.23. The maximum atomic E-state index is 12.3. The van der Waals surface area contributed by atoms with Crippen LogP contribution in [0.2, 0.25) is 0 Å². The van der Waals surface area contributed by atoms with Crippen molar-refractivity contribution in [3.8, 4) is 0 Å². The van der Waals surface area contributed by atoms with Crippen LogP contribution >= 0.6 is 11.3 Å². The van der Waals surface area contributed by atoms with Gasteiger partial charge in [0, 0.05) is 19.1 Å². The van der Waals surface area contributed by atoms with Crippen molar-refractivity contribution in [3.05, 3.63) is 51.5 Å². The van der Waals surface area contributed by atoms with E-state index in [0.717, 1.165) is 0 Å². The molecule has 1 aliphatic heterocycles. The molecule has 1 aliphatic rings. The largest absolute Gasteiger partial charge is 0.468 e. The monoisotopic (exact) mass is 373 g/mol. The minimum Gasteiger partial charge on any atom is -0.468 e. The Morgan fingerprint density at radius 1 is 1.38 bits per heavy atom. The molecular formula is C19H23N3O3S. The van der Waals surface area contributed by atoms with Crippen LogP contribution in [0, 0.1) is 13.8 Å². The molecule has 2 aromatic rings. The lowest BCUT2D eigenvalue weighted by molar-refractivity contribution is -0.146. The Morgan fingerprint density at radius 3 is 2.88 bits per heavy atom. The lowest BCUT2D eigenvalue weighted by Crippen LogP contribution is -2.37. The van der Waals surface area contributed by atoms with Crippen molar-refractivity contribution < 1.29 is 14.3 Å². The first-order valence-electron chi connectivity index (χ1n) is 8.55. The second-order valence-corrected chi connectivity index (χ2v) is 7.56. The number of benzene rings is 1. The standard InChI is InChI=1S/C19H23N3O3S/c1-12-4-5-13(2)14(6-12)9-22-10-15(7-16(22)19(24)25-3)21-18(23)17-8-20-11-26-17/h4-6,8,11,15-16H,7,9-10H2,1-3H3,(H,21,23)/t15-,16+/m1/s1. The summed E-state index contributed by atoms with van der Waals surface area (Å²) in [6.45, 7) is 5.39. The van der Waals surface area contributed by atoms with Gasteiger partial charge in [-0.05, 0) is 31.4 Å². The van der Waals surface area contributed by atoms with E-state index < -0.39 is 0 Å². The van der Waals surface area contributed by atoms with Gasteiger partial charge in [0.05, 0.1) is 18.8 Å². The van der Waals surface area contributed by atoms with Crippen LogP contribution < -0.4 is 5.32 Å². The summed E-state index contributed by atoms with van der Waals surface area (Å²) in [5.74, 6) is -0.403. The summed E-state index contributed by atoms with van der Waals surface area (Å²) in [4.78, 5) is 31.1. The van der Waals surface area contributed by atoms with Crippen molar-refractivity contribution in [3.63, 3.8) is 0 Å². The van der Waals surface area contributed by atoms with Crippen molar-refractivity contribution in [1.82, 2.24) is 15.2 Å². The van der Waals surface area contributed by atoms with Crippen LogP contribution in [0.15, 0.2) is 29.9 Å². The second-order valence-electron chi connectivity index (χ2n) is 6.67. The highest BCUT2D eigenvalue weighted by atomic mass is 32.1. The molecule has 1 fully saturated rings. The zero-order chi connectivity index (χ0) is 18.7. The highest BCUT2D eigenvalue weighted by molar-refractivity contribution is 7.11. The summed E-state index contributed by atoms with van der Waals surface area (Å²) in [5.41, 5.74) is 5.20. The van der Waals surface area contributed by atoms with Gasteiger partial charge in [0.25, 0.3) is 5.91 Å². The van der Waals surface area contributed by atoms with Gasteiger partial charge < -0.3 is 10.1 Å². The Morgan fingerprint density at radius 2 is 2.19 bits per heavy atom. The smallest absolute Gasteiger partial charge is 0.323 e. The molecule has 1 amide bonds. The zero-order valence-corrected chi connectivity index (χ0v) is 16.0. The highest BCUT2D eigenvalue weighted by Gasteiger charge is 2.38. The van der Waals surface area contributed by atoms with E-state index in [1.54, 1.807) is 11.7 Å². The third-order valence-corrected chi connectivity index (χ3v) is 5.52. The van der Waals surface area contributed by atoms with E-state index in [-0.39, 0.29) is 24.0 Å². The number of aryl methyl sites for hydroxylation is 2. The number of amides is 1. The number of hydrogen-bond acceptors (Lipinski definition) is 6. The first kappa shape index (κ1) is 18.5. The van der Waals surface area contributed by atoms with E-state index >= 15 is 0 Å². The summed E-state index contributed by atoms with van der Waals surface area (Å²) in [6.07, 6.45) is 2.10. The van der Waals surface area contributed by atoms with Gasteiger partial charge in [0.15, 0.2) is 0 Å². The molecule has 6 nitrogen and oxygen atoms in total. The van der Waals surface area contributed by atoms with E-state index in [1.807, 2.05) is 0 Å². The molecule has 2 heterocycles. The maximum Gasteiger partial charge on any atom is 0.323 e. The first-order chi connectivity index (χ1) is 12.5. The number of ether oxygens (including phenoxy) is 1. The summed E-state index contributed by atoms with van der Waals surface area (Å²) in [5, 5.41) is 3.01. The Balaban J connectivity index is 1.73. The Bertz CT molecular complexity index is 791. The molecule has 1 aromatic carbocycles. The van der Waals surface area contributed by atoms with Crippen molar-refractivity contribution in [2.75, 3.05) is 13.7 Å². The summed E-state index contributed by atoms with van der Waals surface area (Å²) in [6, 6.07) is 5.87. The molecule has 0 bridgehead atoms. The highest BCUT2D eigenvalue weighted by Crippen LogP contribution is 2.24. The minimum atomic E-state index is -0.355. The number of aromatic nitrogens is 1. The van der Waals surface area contributed by atoms with Gasteiger partial charge >= 0.3 is 5.97 Å². The molecule has 0 spiro atoms. The van der Waals surface area contributed by atoms with Gasteiger partial charge in [-0.25, -0.2) is 0 Å². The predicted molar refractivity (Wildman–Crippen MR) is 100 cm³/mol. The molecule has 3 rings (SSSR count).